The van der Waals surface area contributed by atoms with E-state index in [1.165, 1.54) is 13.2 Å². The number of benzene rings is 1. The van der Waals surface area contributed by atoms with Crippen molar-refractivity contribution >= 4 is 0 Å². The van der Waals surface area contributed by atoms with Crippen molar-refractivity contribution in [2.75, 3.05) is 20.2 Å². The van der Waals surface area contributed by atoms with Gasteiger partial charge in [0.1, 0.15) is 5.75 Å². The highest BCUT2D eigenvalue weighted by Crippen LogP contribution is 2.39. The molecule has 0 spiro atoms. The third kappa shape index (κ3) is 2.40. The van der Waals surface area contributed by atoms with E-state index in [0.29, 0.717) is 24.1 Å². The Morgan fingerprint density at radius 2 is 1.90 bits per heavy atom. The van der Waals surface area contributed by atoms with Crippen molar-refractivity contribution in [1.29, 1.82) is 0 Å². The number of aliphatic hydroxyl groups excluding tert-OH is 1. The van der Waals surface area contributed by atoms with Crippen LogP contribution >= 0.6 is 0 Å². The minimum atomic E-state index is -0.837. The van der Waals surface area contributed by atoms with Crippen LogP contribution in [-0.2, 0) is 6.54 Å². The lowest BCUT2D eigenvalue weighted by Gasteiger charge is -2.19. The van der Waals surface area contributed by atoms with Gasteiger partial charge in [-0.2, -0.15) is 0 Å². The van der Waals surface area contributed by atoms with Gasteiger partial charge in [-0.05, 0) is 36.8 Å². The van der Waals surface area contributed by atoms with Crippen molar-refractivity contribution in [3.05, 3.63) is 29.3 Å². The second-order valence-electron chi connectivity index (χ2n) is 5.88. The first-order valence-electron chi connectivity index (χ1n) is 6.99. The van der Waals surface area contributed by atoms with E-state index in [1.54, 1.807) is 0 Å². The zero-order valence-corrected chi connectivity index (χ0v) is 11.5. The van der Waals surface area contributed by atoms with Crippen molar-refractivity contribution in [1.82, 2.24) is 4.90 Å². The Morgan fingerprint density at radius 3 is 2.50 bits per heavy atom. The first-order chi connectivity index (χ1) is 9.58. The van der Waals surface area contributed by atoms with Gasteiger partial charge in [-0.1, -0.05) is 0 Å². The summed E-state index contributed by atoms with van der Waals surface area (Å²) in [4.78, 5) is 2.13. The molecule has 20 heavy (non-hydrogen) atoms. The van der Waals surface area contributed by atoms with Gasteiger partial charge < -0.3 is 9.84 Å². The van der Waals surface area contributed by atoms with Crippen LogP contribution in [0.1, 0.15) is 18.4 Å². The first kappa shape index (κ1) is 13.8. The molecular formula is C15H19F2NO2. The monoisotopic (exact) mass is 283 g/mol. The van der Waals surface area contributed by atoms with Gasteiger partial charge in [-0.3, -0.25) is 4.90 Å². The van der Waals surface area contributed by atoms with Gasteiger partial charge in [0.2, 0.25) is 0 Å². The smallest absolute Gasteiger partial charge is 0.167 e. The van der Waals surface area contributed by atoms with Crippen LogP contribution in [0.5, 0.6) is 5.75 Å². The minimum Gasteiger partial charge on any atom is -0.496 e. The summed E-state index contributed by atoms with van der Waals surface area (Å²) in [7, 11) is 1.46. The molecule has 3 nitrogen and oxygen atoms in total. The number of aliphatic hydroxyl groups is 1. The average molecular weight is 283 g/mol. The molecule has 1 N–H and O–H groups in total. The van der Waals surface area contributed by atoms with Gasteiger partial charge in [0.15, 0.2) is 11.6 Å². The number of halogens is 2. The molecule has 2 fully saturated rings. The van der Waals surface area contributed by atoms with Crippen LogP contribution in [0.4, 0.5) is 8.78 Å². The summed E-state index contributed by atoms with van der Waals surface area (Å²) in [5.74, 6) is -0.307. The molecule has 1 aliphatic carbocycles. The van der Waals surface area contributed by atoms with Crippen LogP contribution in [0, 0.1) is 23.5 Å². The maximum atomic E-state index is 13.9. The zero-order valence-electron chi connectivity index (χ0n) is 11.5. The van der Waals surface area contributed by atoms with E-state index in [1.807, 2.05) is 0 Å². The van der Waals surface area contributed by atoms with Crippen LogP contribution in [0.25, 0.3) is 0 Å². The minimum absolute atomic E-state index is 0.187. The lowest BCUT2D eigenvalue weighted by Crippen LogP contribution is -2.23. The number of hydrogen-bond donors (Lipinski definition) is 1. The number of methoxy groups -OCH3 is 1. The third-order valence-electron chi connectivity index (χ3n) is 4.56. The highest BCUT2D eigenvalue weighted by atomic mass is 19.2. The fraction of sp³-hybridized carbons (Fsp3) is 0.600. The molecular weight excluding hydrogens is 264 g/mol. The fourth-order valence-corrected chi connectivity index (χ4v) is 3.63. The Kier molecular flexibility index (Phi) is 3.65. The SMILES string of the molecule is COc1ccc(F)c(F)c1CN1C[C@H]2CC(O)C[C@H]2C1. The topological polar surface area (TPSA) is 32.7 Å². The number of hydrogen-bond acceptors (Lipinski definition) is 3. The Balaban J connectivity index is 1.75. The Morgan fingerprint density at radius 1 is 1.25 bits per heavy atom. The van der Waals surface area contributed by atoms with E-state index in [4.69, 9.17) is 4.74 Å². The van der Waals surface area contributed by atoms with Crippen LogP contribution in [0.15, 0.2) is 12.1 Å². The molecule has 1 aliphatic heterocycles. The molecule has 3 rings (SSSR count). The summed E-state index contributed by atoms with van der Waals surface area (Å²) in [6.45, 7) is 2.03. The van der Waals surface area contributed by atoms with Gasteiger partial charge >= 0.3 is 0 Å². The fourth-order valence-electron chi connectivity index (χ4n) is 3.63. The molecule has 0 amide bonds. The maximum absolute atomic E-state index is 13.9. The second-order valence-corrected chi connectivity index (χ2v) is 5.88. The normalized spacial score (nSPS) is 29.7. The Bertz CT molecular complexity index is 495. The summed E-state index contributed by atoms with van der Waals surface area (Å²) in [6, 6.07) is 2.56. The van der Waals surface area contributed by atoms with Gasteiger partial charge in [0, 0.05) is 25.2 Å². The molecule has 0 radical (unpaired) electrons. The maximum Gasteiger partial charge on any atom is 0.167 e. The molecule has 1 saturated heterocycles. The molecule has 1 aromatic rings. The third-order valence-corrected chi connectivity index (χ3v) is 4.56. The highest BCUT2D eigenvalue weighted by Gasteiger charge is 2.40. The standard InChI is InChI=1S/C15H19F2NO2/c1-20-14-3-2-13(16)15(17)12(14)8-18-6-9-4-11(19)5-10(9)7-18/h2-3,9-11,19H,4-8H2,1H3/t9-,10+,11?. The predicted molar refractivity (Wildman–Crippen MR) is 70.4 cm³/mol. The summed E-state index contributed by atoms with van der Waals surface area (Å²) in [6.07, 6.45) is 1.46. The molecule has 1 heterocycles. The number of likely N-dealkylation sites (tertiary alicyclic amines) is 1. The lowest BCUT2D eigenvalue weighted by molar-refractivity contribution is 0.160. The van der Waals surface area contributed by atoms with E-state index in [0.717, 1.165) is 32.0 Å². The van der Waals surface area contributed by atoms with E-state index in [-0.39, 0.29) is 11.7 Å². The lowest BCUT2D eigenvalue weighted by atomic mass is 10.0. The summed E-state index contributed by atoms with van der Waals surface area (Å²) in [5, 5.41) is 9.63. The number of ether oxygens (including phenoxy) is 1. The molecule has 0 bridgehead atoms. The number of nitrogens with zero attached hydrogens (tertiary/aromatic N) is 1. The van der Waals surface area contributed by atoms with Gasteiger partial charge in [0.25, 0.3) is 0 Å². The van der Waals surface area contributed by atoms with E-state index < -0.39 is 11.6 Å². The van der Waals surface area contributed by atoms with Crippen molar-refractivity contribution in [3.8, 4) is 5.75 Å². The summed E-state index contributed by atoms with van der Waals surface area (Å²) in [5.41, 5.74) is 0.285. The molecule has 3 atom stereocenters. The van der Waals surface area contributed by atoms with E-state index in [9.17, 15) is 13.9 Å². The van der Waals surface area contributed by atoms with Crippen LogP contribution < -0.4 is 4.74 Å². The first-order valence-corrected chi connectivity index (χ1v) is 6.99. The Hall–Kier alpha value is -1.20. The van der Waals surface area contributed by atoms with Crippen molar-refractivity contribution in [3.63, 3.8) is 0 Å². The average Bonchev–Trinajstić information content (AvgIpc) is 2.92. The summed E-state index contributed by atoms with van der Waals surface area (Å²) >= 11 is 0. The molecule has 2 aliphatic rings. The van der Waals surface area contributed by atoms with Crippen LogP contribution in [-0.4, -0.2) is 36.3 Å². The largest absolute Gasteiger partial charge is 0.496 e. The highest BCUT2D eigenvalue weighted by molar-refractivity contribution is 5.35. The van der Waals surface area contributed by atoms with E-state index >= 15 is 0 Å². The Labute approximate surface area is 117 Å². The predicted octanol–water partition coefficient (Wildman–Crippen LogP) is 2.18. The molecule has 5 heteroatoms. The van der Waals surface area contributed by atoms with Crippen molar-refractivity contribution in [2.24, 2.45) is 11.8 Å². The van der Waals surface area contributed by atoms with Crippen molar-refractivity contribution in [2.45, 2.75) is 25.5 Å². The van der Waals surface area contributed by atoms with Crippen LogP contribution in [0.2, 0.25) is 0 Å². The molecule has 0 aromatic heterocycles. The quantitative estimate of drug-likeness (QED) is 0.923. The van der Waals surface area contributed by atoms with Crippen LogP contribution in [0.3, 0.4) is 0 Å². The summed E-state index contributed by atoms with van der Waals surface area (Å²) < 4.78 is 32.4. The molecule has 1 saturated carbocycles. The number of rotatable bonds is 3. The van der Waals surface area contributed by atoms with Gasteiger partial charge in [-0.15, -0.1) is 0 Å². The number of fused-ring (bicyclic) bond motifs is 1. The van der Waals surface area contributed by atoms with E-state index in [2.05, 4.69) is 4.90 Å². The van der Waals surface area contributed by atoms with Gasteiger partial charge in [-0.25, -0.2) is 8.78 Å². The second kappa shape index (κ2) is 5.30. The molecule has 1 unspecified atom stereocenters. The molecule has 1 aromatic carbocycles. The molecule has 110 valence electrons. The van der Waals surface area contributed by atoms with Gasteiger partial charge in [0.05, 0.1) is 13.2 Å². The zero-order chi connectivity index (χ0) is 14.3. The van der Waals surface area contributed by atoms with Crippen molar-refractivity contribution < 1.29 is 18.6 Å².